The van der Waals surface area contributed by atoms with E-state index >= 15 is 0 Å². The number of alkyl halides is 2. The molecule has 3 atom stereocenters. The van der Waals surface area contributed by atoms with Crippen LogP contribution in [-0.2, 0) is 26.1 Å². The number of aryl methyl sites for hydroxylation is 1. The zero-order chi connectivity index (χ0) is 45.2. The highest BCUT2D eigenvalue weighted by molar-refractivity contribution is 6.08. The highest BCUT2D eigenvalue weighted by Crippen LogP contribution is 2.37. The van der Waals surface area contributed by atoms with Crippen molar-refractivity contribution < 1.29 is 36.8 Å². The number of nitrogens with zero attached hydrogens (tertiary/aromatic N) is 9. The summed E-state index contributed by atoms with van der Waals surface area (Å²) in [6, 6.07) is 7.28. The molecule has 3 amide bonds. The van der Waals surface area contributed by atoms with E-state index in [0.717, 1.165) is 45.2 Å². The van der Waals surface area contributed by atoms with E-state index in [1.54, 1.807) is 34.7 Å². The monoisotopic (exact) mass is 852 g/mol. The SMILES string of the molecule is [2H]C([2H])(C#Cc1cccc2c(C3CCC(=O)NC3=O)nn(C)c12)OC1([2H])CCN(CC2CCC(n3cc(NC(=O)c4cnn5ccc(N6C[C@@H]7C[C@H]6CO7)nc45)c(C(F)F)n3)CC2)CC1. The third kappa shape index (κ3) is 7.93. The Labute approximate surface area is 360 Å². The highest BCUT2D eigenvalue weighted by atomic mass is 19.3. The Hall–Kier alpha value is -5.77. The van der Waals surface area contributed by atoms with Crippen molar-refractivity contribution in [1.82, 2.24) is 44.4 Å². The van der Waals surface area contributed by atoms with E-state index in [1.807, 2.05) is 12.1 Å². The predicted molar refractivity (Wildman–Crippen MR) is 223 cm³/mol. The minimum atomic E-state index is -2.90. The minimum Gasteiger partial charge on any atom is -0.374 e. The number of hydrogen-bond donors (Lipinski definition) is 2. The van der Waals surface area contributed by atoms with Gasteiger partial charge in [0.05, 0.1) is 69.6 Å². The van der Waals surface area contributed by atoms with Gasteiger partial charge in [0.15, 0.2) is 11.3 Å². The van der Waals surface area contributed by atoms with Gasteiger partial charge in [-0.3, -0.25) is 29.1 Å². The standard InChI is InChI=1S/C44H49F2N11O5/c1-53-40-27(4-2-6-32(40)38(51-53)33-11-12-37(58)50-43(33)59)5-3-19-61-30-13-16-54(17-14-30)22-26-7-9-28(10-8-26)57-24-35(39(52-57)41(45)46)48-44(60)34-21-47-56-18-15-36(49-42(34)56)55-23-31-20-29(55)25-62-31/h2,4,6,15,18,21,24,26,28-31,33,41H,7-14,16-17,19-20,22-23,25H2,1H3,(H,48,60)(H,50,58,59)/t26?,28?,29-,31-,33?/m0/s1/i19D2,30D. The average Bonchev–Trinajstić information content (AvgIpc) is 4.13. The summed E-state index contributed by atoms with van der Waals surface area (Å²) in [6.07, 6.45) is 5.59. The van der Waals surface area contributed by atoms with Crippen LogP contribution in [0.4, 0.5) is 20.3 Å². The molecule has 4 aromatic heterocycles. The molecule has 1 saturated carbocycles. The number of benzene rings is 1. The average molecular weight is 853 g/mol. The van der Waals surface area contributed by atoms with Crippen LogP contribution in [0.15, 0.2) is 42.9 Å². The van der Waals surface area contributed by atoms with Crippen LogP contribution in [0.25, 0.3) is 16.6 Å². The number of para-hydroxylation sites is 1. The van der Waals surface area contributed by atoms with Crippen LogP contribution < -0.4 is 15.5 Å². The summed E-state index contributed by atoms with van der Waals surface area (Å²) in [4.78, 5) is 47.0. The summed E-state index contributed by atoms with van der Waals surface area (Å²) in [7, 11) is 1.72. The van der Waals surface area contributed by atoms with Crippen molar-refractivity contribution in [2.75, 3.05) is 49.6 Å². The van der Waals surface area contributed by atoms with Gasteiger partial charge in [-0.2, -0.15) is 15.3 Å². The van der Waals surface area contributed by atoms with E-state index in [0.29, 0.717) is 65.7 Å². The van der Waals surface area contributed by atoms with Crippen LogP contribution in [0.5, 0.6) is 0 Å². The molecule has 5 aromatic rings. The summed E-state index contributed by atoms with van der Waals surface area (Å²) in [5.41, 5.74) is 1.61. The van der Waals surface area contributed by atoms with Crippen molar-refractivity contribution in [3.05, 3.63) is 65.4 Å². The molecule has 1 aromatic carbocycles. The number of likely N-dealkylation sites (tertiary alicyclic amines) is 1. The number of morpholine rings is 1. The van der Waals surface area contributed by atoms with Crippen molar-refractivity contribution in [2.24, 2.45) is 13.0 Å². The number of imide groups is 1. The number of hydrogen-bond acceptors (Lipinski definition) is 11. The van der Waals surface area contributed by atoms with E-state index in [9.17, 15) is 23.2 Å². The fourth-order valence-electron chi connectivity index (χ4n) is 9.81. The lowest BCUT2D eigenvalue weighted by molar-refractivity contribution is -0.134. The van der Waals surface area contributed by atoms with Crippen LogP contribution in [0.3, 0.4) is 0 Å². The van der Waals surface area contributed by atoms with E-state index in [1.165, 1.54) is 16.9 Å². The second-order valence-corrected chi connectivity index (χ2v) is 17.0. The molecule has 5 fully saturated rings. The zero-order valence-corrected chi connectivity index (χ0v) is 34.2. The molecule has 0 radical (unpaired) electrons. The second kappa shape index (κ2) is 16.8. The van der Waals surface area contributed by atoms with Gasteiger partial charge in [-0.15, -0.1) is 0 Å². The number of fused-ring (bicyclic) bond motifs is 4. The molecule has 4 saturated heterocycles. The maximum absolute atomic E-state index is 14.3. The Kier molecular flexibility index (Phi) is 10.0. The minimum absolute atomic E-state index is 0.0483. The Bertz CT molecular complexity index is 2730. The summed E-state index contributed by atoms with van der Waals surface area (Å²) in [5, 5.41) is 18.8. The van der Waals surface area contributed by atoms with Crippen LogP contribution in [0, 0.1) is 17.8 Å². The molecule has 62 heavy (non-hydrogen) atoms. The molecular formula is C44H49F2N11O5. The van der Waals surface area contributed by atoms with Gasteiger partial charge in [-0.05, 0) is 69.4 Å². The molecule has 1 aliphatic carbocycles. The number of nitrogens with one attached hydrogen (secondary N) is 2. The first-order valence-corrected chi connectivity index (χ1v) is 21.4. The summed E-state index contributed by atoms with van der Waals surface area (Å²) >= 11 is 0. The summed E-state index contributed by atoms with van der Waals surface area (Å²) < 4.78 is 71.0. The van der Waals surface area contributed by atoms with Crippen LogP contribution in [-0.4, -0.2) is 114 Å². The maximum Gasteiger partial charge on any atom is 0.284 e. The number of piperidine rings is 2. The van der Waals surface area contributed by atoms with Gasteiger partial charge in [-0.25, -0.2) is 18.3 Å². The number of ether oxygens (including phenoxy) is 2. The van der Waals surface area contributed by atoms with Crippen LogP contribution in [0.1, 0.15) is 108 Å². The van der Waals surface area contributed by atoms with Crippen molar-refractivity contribution >= 4 is 45.8 Å². The quantitative estimate of drug-likeness (QED) is 0.147. The molecule has 5 aliphatic rings. The van der Waals surface area contributed by atoms with Gasteiger partial charge < -0.3 is 24.6 Å². The fourth-order valence-corrected chi connectivity index (χ4v) is 9.81. The largest absolute Gasteiger partial charge is 0.374 e. The van der Waals surface area contributed by atoms with Gasteiger partial charge in [0.2, 0.25) is 11.8 Å². The molecule has 16 nitrogen and oxygen atoms in total. The predicted octanol–water partition coefficient (Wildman–Crippen LogP) is 4.76. The van der Waals surface area contributed by atoms with Gasteiger partial charge >= 0.3 is 0 Å². The molecule has 8 heterocycles. The third-order valence-corrected chi connectivity index (χ3v) is 13.0. The molecule has 1 unspecified atom stereocenters. The van der Waals surface area contributed by atoms with E-state index < -0.39 is 42.5 Å². The number of amides is 3. The molecule has 10 rings (SSSR count). The maximum atomic E-state index is 14.3. The van der Waals surface area contributed by atoms with Crippen LogP contribution in [0.2, 0.25) is 0 Å². The molecule has 324 valence electrons. The molecule has 2 N–H and O–H groups in total. The number of halogens is 2. The normalized spacial score (nSPS) is 26.0. The van der Waals surface area contributed by atoms with Crippen molar-refractivity contribution in [1.29, 1.82) is 0 Å². The first-order chi connectivity index (χ1) is 31.2. The van der Waals surface area contributed by atoms with Gasteiger partial charge in [-0.1, -0.05) is 24.0 Å². The van der Waals surface area contributed by atoms with Crippen molar-refractivity contribution in [2.45, 2.75) is 94.4 Å². The fraction of sp³-hybridized carbons (Fsp3) is 0.523. The third-order valence-electron chi connectivity index (χ3n) is 13.0. The lowest BCUT2D eigenvalue weighted by Crippen LogP contribution is -2.40. The van der Waals surface area contributed by atoms with Gasteiger partial charge in [0.1, 0.15) is 17.9 Å². The Morgan fingerprint density at radius 2 is 1.95 bits per heavy atom. The van der Waals surface area contributed by atoms with E-state index in [2.05, 4.69) is 47.6 Å². The molecular weight excluding hydrogens is 801 g/mol. The van der Waals surface area contributed by atoms with E-state index in [-0.39, 0.29) is 54.6 Å². The summed E-state index contributed by atoms with van der Waals surface area (Å²) in [6.45, 7) is 0.798. The van der Waals surface area contributed by atoms with Crippen molar-refractivity contribution in [3.63, 3.8) is 0 Å². The Morgan fingerprint density at radius 3 is 2.71 bits per heavy atom. The number of carbonyl (C=O) groups excluding carboxylic acids is 3. The second-order valence-electron chi connectivity index (χ2n) is 17.0. The Morgan fingerprint density at radius 1 is 1.11 bits per heavy atom. The van der Waals surface area contributed by atoms with Gasteiger partial charge in [0, 0.05) is 57.4 Å². The summed E-state index contributed by atoms with van der Waals surface area (Å²) in [5.74, 6) is 4.65. The Balaban J connectivity index is 0.724. The molecule has 4 aliphatic heterocycles. The number of carbonyl (C=O) groups is 3. The number of anilines is 2. The smallest absolute Gasteiger partial charge is 0.284 e. The zero-order valence-electron chi connectivity index (χ0n) is 37.2. The highest BCUT2D eigenvalue weighted by Gasteiger charge is 2.40. The van der Waals surface area contributed by atoms with Crippen molar-refractivity contribution in [3.8, 4) is 11.8 Å². The number of rotatable bonds is 10. The van der Waals surface area contributed by atoms with Crippen LogP contribution >= 0.6 is 0 Å². The van der Waals surface area contributed by atoms with E-state index in [4.69, 9.17) is 18.6 Å². The molecule has 0 spiro atoms. The topological polar surface area (TPSA) is 166 Å². The molecule has 2 bridgehead atoms. The first-order valence-electron chi connectivity index (χ1n) is 22.9. The lowest BCUT2D eigenvalue weighted by Gasteiger charge is -2.36. The lowest BCUT2D eigenvalue weighted by atomic mass is 9.85. The molecule has 18 heteroatoms. The number of aromatic nitrogens is 7. The first kappa shape index (κ1) is 36.8. The van der Waals surface area contributed by atoms with Gasteiger partial charge in [0.25, 0.3) is 12.3 Å².